The Kier molecular flexibility index (Phi) is 8.86. The Morgan fingerprint density at radius 1 is 1.11 bits per heavy atom. The zero-order valence-electron chi connectivity index (χ0n) is 27.4. The number of nitrogens with zero attached hydrogens (tertiary/aromatic N) is 6. The Hall–Kier alpha value is -2.64. The zero-order valence-corrected chi connectivity index (χ0v) is 27.4. The maximum atomic E-state index is 16.7. The fourth-order valence-corrected chi connectivity index (χ4v) is 9.99. The van der Waals surface area contributed by atoms with Crippen molar-refractivity contribution in [1.29, 1.82) is 0 Å². The molecule has 4 bridgehead atoms. The van der Waals surface area contributed by atoms with E-state index in [1.165, 1.54) is 6.08 Å². The van der Waals surface area contributed by atoms with E-state index in [0.29, 0.717) is 39.0 Å². The predicted molar refractivity (Wildman–Crippen MR) is 169 cm³/mol. The highest BCUT2D eigenvalue weighted by Gasteiger charge is 2.57. The minimum Gasteiger partial charge on any atom is -0.336 e. The van der Waals surface area contributed by atoms with Crippen LogP contribution >= 0.6 is 0 Å². The van der Waals surface area contributed by atoms with E-state index in [1.807, 2.05) is 15.8 Å². The normalized spacial score (nSPS) is 41.7. The van der Waals surface area contributed by atoms with Gasteiger partial charge in [-0.3, -0.25) is 19.7 Å². The molecule has 5 aliphatic heterocycles. The molecule has 46 heavy (non-hydrogen) atoms. The molecule has 1 aromatic heterocycles. The van der Waals surface area contributed by atoms with Crippen LogP contribution in [-0.4, -0.2) is 117 Å². The van der Waals surface area contributed by atoms with Crippen LogP contribution in [0.1, 0.15) is 58.6 Å². The molecule has 11 unspecified atom stereocenters. The van der Waals surface area contributed by atoms with Gasteiger partial charge in [-0.1, -0.05) is 32.1 Å². The van der Waals surface area contributed by atoms with Crippen LogP contribution in [0.2, 0.25) is 0 Å². The minimum absolute atomic E-state index is 0.0222. The molecule has 1 aliphatic carbocycles. The smallest absolute Gasteiger partial charge is 0.320 e. The summed E-state index contributed by atoms with van der Waals surface area (Å²) in [5, 5.41) is 19.8. The number of rotatable bonds is 3. The lowest BCUT2D eigenvalue weighted by Crippen LogP contribution is -2.80. The number of alkyl halides is 2. The molecule has 6 heterocycles. The third-order valence-corrected chi connectivity index (χ3v) is 12.1. The number of nitrogens with one attached hydrogen (secondary N) is 3. The monoisotopic (exact) mass is 643 g/mol. The van der Waals surface area contributed by atoms with Crippen LogP contribution in [0, 0.1) is 29.6 Å². The summed E-state index contributed by atoms with van der Waals surface area (Å²) in [6.07, 6.45) is 3.81. The first-order valence-corrected chi connectivity index (χ1v) is 17.6. The van der Waals surface area contributed by atoms with Crippen LogP contribution in [0.25, 0.3) is 0 Å². The van der Waals surface area contributed by atoms with Gasteiger partial charge in [0.05, 0.1) is 24.1 Å². The molecular formula is C33H51F2N9O2. The Morgan fingerprint density at radius 3 is 2.70 bits per heavy atom. The van der Waals surface area contributed by atoms with Crippen molar-refractivity contribution in [2.24, 2.45) is 29.6 Å². The van der Waals surface area contributed by atoms with Crippen LogP contribution in [-0.2, 0) is 17.8 Å². The molecule has 4 saturated heterocycles. The highest BCUT2D eigenvalue weighted by atomic mass is 19.1. The highest BCUT2D eigenvalue weighted by Crippen LogP contribution is 2.44. The van der Waals surface area contributed by atoms with E-state index in [1.54, 1.807) is 4.90 Å². The maximum absolute atomic E-state index is 16.7. The summed E-state index contributed by atoms with van der Waals surface area (Å²) in [4.78, 5) is 33.0. The number of hydrogen-bond donors (Lipinski definition) is 3. The molecular weight excluding hydrogens is 592 g/mol. The van der Waals surface area contributed by atoms with E-state index < -0.39 is 36.6 Å². The molecule has 1 saturated carbocycles. The topological polar surface area (TPSA) is 111 Å². The fraction of sp³-hybridized carbons (Fsp3) is 0.818. The van der Waals surface area contributed by atoms with E-state index >= 15 is 8.78 Å². The largest absolute Gasteiger partial charge is 0.336 e. The number of aromatic nitrogens is 3. The van der Waals surface area contributed by atoms with Crippen LogP contribution in [0.15, 0.2) is 18.9 Å². The van der Waals surface area contributed by atoms with Crippen LogP contribution < -0.4 is 16.0 Å². The van der Waals surface area contributed by atoms with Gasteiger partial charge in [-0.25, -0.2) is 13.6 Å². The Bertz CT molecular complexity index is 1300. The molecule has 5 fully saturated rings. The fourth-order valence-electron chi connectivity index (χ4n) is 9.99. The lowest BCUT2D eigenvalue weighted by atomic mass is 9.69. The number of piperazine rings is 1. The van der Waals surface area contributed by atoms with Crippen LogP contribution in [0.5, 0.6) is 0 Å². The van der Waals surface area contributed by atoms with E-state index in [9.17, 15) is 9.59 Å². The van der Waals surface area contributed by atoms with Crippen molar-refractivity contribution in [2.75, 3.05) is 26.2 Å². The molecule has 1 aromatic rings. The standard InChI is InChI=1S/C33H51F2N9O2/c1-5-26(45)41-11-12-43(19(4)15-41)31-23-14-25(35)29-27-21(7-6-8-24(27)34)16-42-17-22(39-40-42)13-20-9-10-36-28(18(2)3)30(20)44(32(23)37-29)33(46)38-31/h5,17-21,23-25,27-32,36-37H,1,6-16H2,2-4H3,(H,38,46)/t19-,20?,21?,23?,24?,25?,27?,28?,29?,30?,31?,32?/m0/s1. The summed E-state index contributed by atoms with van der Waals surface area (Å²) in [6.45, 7) is 13.0. The van der Waals surface area contributed by atoms with Gasteiger partial charge in [-0.2, -0.15) is 0 Å². The van der Waals surface area contributed by atoms with Crippen molar-refractivity contribution in [1.82, 2.24) is 45.6 Å². The number of amides is 3. The summed E-state index contributed by atoms with van der Waals surface area (Å²) in [5.74, 6) is -0.635. The molecule has 254 valence electrons. The van der Waals surface area contributed by atoms with E-state index in [2.05, 4.69) is 58.5 Å². The highest BCUT2D eigenvalue weighted by molar-refractivity contribution is 5.87. The Morgan fingerprint density at radius 2 is 1.93 bits per heavy atom. The third-order valence-electron chi connectivity index (χ3n) is 12.1. The molecule has 0 spiro atoms. The van der Waals surface area contributed by atoms with Gasteiger partial charge in [0.15, 0.2) is 0 Å². The number of piperidine rings is 2. The average Bonchev–Trinajstić information content (AvgIpc) is 3.47. The third kappa shape index (κ3) is 5.63. The second-order valence-corrected chi connectivity index (χ2v) is 15.1. The lowest BCUT2D eigenvalue weighted by Gasteiger charge is -2.60. The number of carbonyl (C=O) groups is 2. The first-order chi connectivity index (χ1) is 22.1. The minimum atomic E-state index is -1.28. The first kappa shape index (κ1) is 31.9. The van der Waals surface area contributed by atoms with Crippen LogP contribution in [0.3, 0.4) is 0 Å². The number of hydrogen-bond acceptors (Lipinski definition) is 7. The van der Waals surface area contributed by atoms with Gasteiger partial charge >= 0.3 is 6.03 Å². The van der Waals surface area contributed by atoms with Gasteiger partial charge in [0, 0.05) is 62.3 Å². The maximum Gasteiger partial charge on any atom is 0.320 e. The summed E-state index contributed by atoms with van der Waals surface area (Å²) < 4.78 is 34.6. The summed E-state index contributed by atoms with van der Waals surface area (Å²) in [6, 6.07) is -1.10. The molecule has 6 aliphatic rings. The number of halogens is 2. The molecule has 3 amide bonds. The van der Waals surface area contributed by atoms with Crippen molar-refractivity contribution in [3.8, 4) is 0 Å². The quantitative estimate of drug-likeness (QED) is 0.434. The lowest BCUT2D eigenvalue weighted by molar-refractivity contribution is -0.132. The van der Waals surface area contributed by atoms with Gasteiger partial charge in [-0.05, 0) is 69.4 Å². The number of urea groups is 1. The van der Waals surface area contributed by atoms with Crippen molar-refractivity contribution < 1.29 is 18.4 Å². The molecule has 0 radical (unpaired) electrons. The second-order valence-electron chi connectivity index (χ2n) is 15.1. The van der Waals surface area contributed by atoms with E-state index in [-0.39, 0.29) is 60.2 Å². The molecule has 11 nitrogen and oxygen atoms in total. The average molecular weight is 644 g/mol. The molecule has 7 rings (SSSR count). The molecule has 3 N–H and O–H groups in total. The van der Waals surface area contributed by atoms with Gasteiger partial charge in [0.1, 0.15) is 12.3 Å². The first-order valence-electron chi connectivity index (χ1n) is 17.6. The second kappa shape index (κ2) is 12.8. The van der Waals surface area contributed by atoms with Gasteiger partial charge in [0.2, 0.25) is 5.91 Å². The van der Waals surface area contributed by atoms with E-state index in [4.69, 9.17) is 0 Å². The Labute approximate surface area is 270 Å². The molecule has 13 heteroatoms. The van der Waals surface area contributed by atoms with Crippen LogP contribution in [0.4, 0.5) is 13.6 Å². The molecule has 12 atom stereocenters. The van der Waals surface area contributed by atoms with Crippen molar-refractivity contribution in [3.63, 3.8) is 0 Å². The SMILES string of the molecule is C=CC(=O)N1CCN(C2NC(=O)N3C4NC(C(F)CC42)C2C(F)CCCC2Cn2cc(nn2)CC2CCNC(C(C)C)C23)[C@@H](C)C1. The summed E-state index contributed by atoms with van der Waals surface area (Å²) in [5.41, 5.74) is 0.884. The predicted octanol–water partition coefficient (Wildman–Crippen LogP) is 2.30. The van der Waals surface area contributed by atoms with Gasteiger partial charge < -0.3 is 20.4 Å². The zero-order chi connectivity index (χ0) is 32.3. The number of fused-ring (bicyclic) bond motifs is 7. The van der Waals surface area contributed by atoms with Gasteiger partial charge in [0.25, 0.3) is 0 Å². The van der Waals surface area contributed by atoms with E-state index in [0.717, 1.165) is 31.5 Å². The van der Waals surface area contributed by atoms with Crippen molar-refractivity contribution >= 4 is 11.9 Å². The van der Waals surface area contributed by atoms with Crippen molar-refractivity contribution in [2.45, 2.75) is 115 Å². The Balaban J connectivity index is 1.29. The summed E-state index contributed by atoms with van der Waals surface area (Å²) in [7, 11) is 0. The summed E-state index contributed by atoms with van der Waals surface area (Å²) >= 11 is 0. The molecule has 0 aromatic carbocycles. The van der Waals surface area contributed by atoms with Gasteiger partial charge in [-0.15, -0.1) is 5.10 Å². The number of carbonyl (C=O) groups excluding carboxylic acids is 2. The van der Waals surface area contributed by atoms with Crippen molar-refractivity contribution in [3.05, 3.63) is 24.5 Å².